The van der Waals surface area contributed by atoms with Crippen molar-refractivity contribution in [2.45, 2.75) is 19.9 Å². The number of carbonyl (C=O) groups is 1. The fourth-order valence-corrected chi connectivity index (χ4v) is 6.70. The molecule has 0 fully saturated rings. The van der Waals surface area contributed by atoms with Crippen molar-refractivity contribution in [1.29, 1.82) is 0 Å². The molecule has 1 aliphatic heterocycles. The van der Waals surface area contributed by atoms with Gasteiger partial charge in [-0.25, -0.2) is 9.79 Å². The van der Waals surface area contributed by atoms with Gasteiger partial charge in [-0.3, -0.25) is 9.36 Å². The van der Waals surface area contributed by atoms with E-state index in [0.29, 0.717) is 27.7 Å². The van der Waals surface area contributed by atoms with E-state index in [1.54, 1.807) is 24.5 Å². The molecule has 0 aliphatic carbocycles. The van der Waals surface area contributed by atoms with E-state index in [-0.39, 0.29) is 17.9 Å². The zero-order chi connectivity index (χ0) is 23.9. The summed E-state index contributed by atoms with van der Waals surface area (Å²) in [5.41, 5.74) is 2.24. The van der Waals surface area contributed by atoms with E-state index in [4.69, 9.17) is 4.74 Å². The van der Waals surface area contributed by atoms with Crippen molar-refractivity contribution in [2.75, 3.05) is 6.61 Å². The molecule has 0 saturated carbocycles. The predicted octanol–water partition coefficient (Wildman–Crippen LogP) is 4.48. The van der Waals surface area contributed by atoms with Crippen LogP contribution in [0.1, 0.15) is 31.0 Å². The van der Waals surface area contributed by atoms with Gasteiger partial charge in [0.25, 0.3) is 5.56 Å². The van der Waals surface area contributed by atoms with Gasteiger partial charge in [0.2, 0.25) is 0 Å². The van der Waals surface area contributed by atoms with Crippen molar-refractivity contribution < 1.29 is 14.6 Å². The van der Waals surface area contributed by atoms with Gasteiger partial charge in [-0.05, 0) is 100 Å². The Morgan fingerprint density at radius 1 is 1.27 bits per heavy atom. The fourth-order valence-electron chi connectivity index (χ4n) is 3.57. The van der Waals surface area contributed by atoms with Crippen LogP contribution in [-0.4, -0.2) is 22.2 Å². The number of carbonyl (C=O) groups excluding carboxylic acids is 1. The van der Waals surface area contributed by atoms with Crippen LogP contribution >= 0.6 is 72.4 Å². The van der Waals surface area contributed by atoms with Crippen LogP contribution in [0, 0.1) is 7.14 Å². The van der Waals surface area contributed by atoms with Gasteiger partial charge in [-0.15, -0.1) is 0 Å². The van der Waals surface area contributed by atoms with E-state index < -0.39 is 12.0 Å². The number of phenolic OH excluding ortho intramolecular Hbond substituents is 1. The number of phenols is 1. The summed E-state index contributed by atoms with van der Waals surface area (Å²) in [4.78, 5) is 31.6. The molecule has 1 unspecified atom stereocenters. The highest BCUT2D eigenvalue weighted by Crippen LogP contribution is 2.31. The number of aromatic nitrogens is 1. The van der Waals surface area contributed by atoms with E-state index in [9.17, 15) is 14.7 Å². The summed E-state index contributed by atoms with van der Waals surface area (Å²) in [5.74, 6) is -0.261. The third-order valence-electron chi connectivity index (χ3n) is 5.04. The molecule has 1 N–H and O–H groups in total. The van der Waals surface area contributed by atoms with E-state index in [2.05, 4.69) is 66.1 Å². The molecule has 10 heteroatoms. The lowest BCUT2D eigenvalue weighted by Gasteiger charge is -2.24. The zero-order valence-corrected chi connectivity index (χ0v) is 24.2. The highest BCUT2D eigenvalue weighted by molar-refractivity contribution is 14.1. The van der Waals surface area contributed by atoms with Crippen molar-refractivity contribution in [1.82, 2.24) is 4.57 Å². The summed E-state index contributed by atoms with van der Waals surface area (Å²) in [5, 5.41) is 10.1. The van der Waals surface area contributed by atoms with Crippen LogP contribution in [0.4, 0.5) is 0 Å². The first-order valence-electron chi connectivity index (χ1n) is 9.84. The molecule has 170 valence electrons. The summed E-state index contributed by atoms with van der Waals surface area (Å²) < 4.78 is 9.67. The summed E-state index contributed by atoms with van der Waals surface area (Å²) in [7, 11) is 0. The van der Waals surface area contributed by atoms with Gasteiger partial charge in [0.1, 0.15) is 5.75 Å². The first-order chi connectivity index (χ1) is 15.7. The largest absolute Gasteiger partial charge is 0.506 e. The van der Waals surface area contributed by atoms with Gasteiger partial charge in [0, 0.05) is 4.47 Å². The van der Waals surface area contributed by atoms with E-state index in [1.807, 2.05) is 36.4 Å². The lowest BCUT2D eigenvalue weighted by Crippen LogP contribution is -2.39. The Morgan fingerprint density at radius 3 is 2.52 bits per heavy atom. The number of halogens is 3. The topological polar surface area (TPSA) is 80.9 Å². The van der Waals surface area contributed by atoms with Gasteiger partial charge in [-0.1, -0.05) is 39.4 Å². The molecule has 1 aliphatic rings. The van der Waals surface area contributed by atoms with Gasteiger partial charge in [-0.2, -0.15) is 0 Å². The molecular formula is C23H17BrI2N2O4S. The van der Waals surface area contributed by atoms with Crippen molar-refractivity contribution >= 4 is 84.5 Å². The van der Waals surface area contributed by atoms with Crippen LogP contribution in [0.5, 0.6) is 5.75 Å². The minimum atomic E-state index is -0.643. The summed E-state index contributed by atoms with van der Waals surface area (Å²) in [6.07, 6.45) is 1.79. The number of hydrogen-bond donors (Lipinski definition) is 1. The van der Waals surface area contributed by atoms with Gasteiger partial charge < -0.3 is 9.84 Å². The summed E-state index contributed by atoms with van der Waals surface area (Å²) >= 11 is 8.84. The number of thiazole rings is 1. The number of aromatic hydroxyl groups is 1. The molecule has 6 nitrogen and oxygen atoms in total. The minimum absolute atomic E-state index is 0.222. The molecule has 3 aromatic rings. The smallest absolute Gasteiger partial charge is 0.338 e. The molecule has 33 heavy (non-hydrogen) atoms. The van der Waals surface area contributed by atoms with Crippen molar-refractivity contribution in [3.8, 4) is 5.75 Å². The van der Waals surface area contributed by atoms with Crippen LogP contribution in [0.3, 0.4) is 0 Å². The first-order valence-corrected chi connectivity index (χ1v) is 13.6. The lowest BCUT2D eigenvalue weighted by molar-refractivity contribution is -0.139. The second kappa shape index (κ2) is 10.0. The van der Waals surface area contributed by atoms with E-state index >= 15 is 0 Å². The number of ether oxygens (including phenoxy) is 1. The van der Waals surface area contributed by atoms with Crippen LogP contribution < -0.4 is 14.9 Å². The average Bonchev–Trinajstić information content (AvgIpc) is 3.06. The summed E-state index contributed by atoms with van der Waals surface area (Å²) in [6.45, 7) is 3.74. The van der Waals surface area contributed by atoms with E-state index in [1.165, 1.54) is 11.3 Å². The minimum Gasteiger partial charge on any atom is -0.506 e. The Morgan fingerprint density at radius 2 is 1.91 bits per heavy atom. The number of fused-ring (bicyclic) bond motifs is 1. The standard InChI is InChI=1S/C23H17BrI2N2O4S/c1-3-32-22(31)18-11(2)27-23-28(19(18)13-4-6-14(24)7-5-13)21(30)17(33-23)10-12-8-15(25)20(29)16(26)9-12/h4-10,19,29H,3H2,1-2H3/b17-10-. The van der Waals surface area contributed by atoms with Gasteiger partial charge in [0.15, 0.2) is 4.80 Å². The molecule has 1 atom stereocenters. The van der Waals surface area contributed by atoms with Gasteiger partial charge >= 0.3 is 5.97 Å². The third-order valence-corrected chi connectivity index (χ3v) is 8.20. The SMILES string of the molecule is CCOC(=O)C1=C(C)N=c2s/c(=C\c3cc(I)c(O)c(I)c3)c(=O)n2C1c1ccc(Br)cc1. The lowest BCUT2D eigenvalue weighted by atomic mass is 9.96. The Kier molecular flexibility index (Phi) is 7.46. The molecule has 2 aromatic carbocycles. The third kappa shape index (κ3) is 4.84. The van der Waals surface area contributed by atoms with Crippen LogP contribution in [0.25, 0.3) is 6.08 Å². The van der Waals surface area contributed by atoms with Crippen molar-refractivity contribution in [2.24, 2.45) is 4.99 Å². The Balaban J connectivity index is 1.96. The molecule has 1 aromatic heterocycles. The van der Waals surface area contributed by atoms with Crippen LogP contribution in [0.2, 0.25) is 0 Å². The number of esters is 1. The molecule has 0 bridgehead atoms. The average molecular weight is 751 g/mol. The number of allylic oxidation sites excluding steroid dienone is 1. The zero-order valence-electron chi connectivity index (χ0n) is 17.4. The Labute approximate surface area is 229 Å². The van der Waals surface area contributed by atoms with Crippen LogP contribution in [-0.2, 0) is 9.53 Å². The van der Waals surface area contributed by atoms with Gasteiger partial charge in [0.05, 0.1) is 35.6 Å². The molecule has 0 saturated heterocycles. The number of hydrogen-bond acceptors (Lipinski definition) is 6. The quantitative estimate of drug-likeness (QED) is 0.316. The van der Waals surface area contributed by atoms with Crippen molar-refractivity contribution in [3.05, 3.63) is 90.1 Å². The highest BCUT2D eigenvalue weighted by atomic mass is 127. The predicted molar refractivity (Wildman–Crippen MR) is 148 cm³/mol. The molecule has 4 rings (SSSR count). The Bertz CT molecular complexity index is 1450. The number of benzene rings is 2. The second-order valence-corrected chi connectivity index (χ2v) is 11.4. The molecule has 0 radical (unpaired) electrons. The maximum absolute atomic E-state index is 13.6. The molecule has 0 spiro atoms. The summed E-state index contributed by atoms with van der Waals surface area (Å²) in [6, 6.07) is 10.5. The normalized spacial score (nSPS) is 15.9. The first kappa shape index (κ1) is 24.6. The highest BCUT2D eigenvalue weighted by Gasteiger charge is 2.33. The second-order valence-electron chi connectivity index (χ2n) is 7.19. The molecule has 2 heterocycles. The molecular weight excluding hydrogens is 734 g/mol. The number of rotatable bonds is 4. The molecule has 0 amide bonds. The monoisotopic (exact) mass is 750 g/mol. The fraction of sp³-hybridized carbons (Fsp3) is 0.174. The number of nitrogens with zero attached hydrogens (tertiary/aromatic N) is 2. The maximum Gasteiger partial charge on any atom is 0.338 e. The Hall–Kier alpha value is -1.51. The van der Waals surface area contributed by atoms with E-state index in [0.717, 1.165) is 15.6 Å². The van der Waals surface area contributed by atoms with Crippen molar-refractivity contribution in [3.63, 3.8) is 0 Å². The maximum atomic E-state index is 13.6. The van der Waals surface area contributed by atoms with Crippen LogP contribution in [0.15, 0.2) is 61.9 Å².